The fourth-order valence-corrected chi connectivity index (χ4v) is 3.07. The van der Waals surface area contributed by atoms with Crippen LogP contribution < -0.4 is 0 Å². The number of piperidine rings is 1. The molecule has 1 aliphatic heterocycles. The van der Waals surface area contributed by atoms with Crippen LogP contribution in [-0.4, -0.2) is 43.4 Å². The number of aromatic nitrogens is 4. The number of hydrogen-bond donors (Lipinski definition) is 0. The standard InChI is InChI=1S/C17H21N5O/c1-12(2)17(23)22-9-4-5-13(11-22)14-15(19-7-6-18-14)16-20-8-10-21(16)3/h6-8,10,13H,1,4-5,9,11H2,2-3H3. The third-order valence-corrected chi connectivity index (χ3v) is 4.22. The zero-order valence-electron chi connectivity index (χ0n) is 13.6. The largest absolute Gasteiger partial charge is 0.338 e. The topological polar surface area (TPSA) is 63.9 Å². The smallest absolute Gasteiger partial charge is 0.248 e. The molecule has 0 bridgehead atoms. The Morgan fingerprint density at radius 3 is 2.74 bits per heavy atom. The van der Waals surface area contributed by atoms with E-state index < -0.39 is 0 Å². The first-order valence-electron chi connectivity index (χ1n) is 7.81. The minimum atomic E-state index is 0.0251. The van der Waals surface area contributed by atoms with Crippen LogP contribution in [-0.2, 0) is 11.8 Å². The maximum absolute atomic E-state index is 12.2. The summed E-state index contributed by atoms with van der Waals surface area (Å²) in [7, 11) is 1.94. The van der Waals surface area contributed by atoms with Crippen molar-refractivity contribution >= 4 is 5.91 Å². The second kappa shape index (κ2) is 6.32. The Labute approximate surface area is 135 Å². The molecule has 0 spiro atoms. The van der Waals surface area contributed by atoms with Gasteiger partial charge in [-0.05, 0) is 19.8 Å². The van der Waals surface area contributed by atoms with Crippen LogP contribution in [0.15, 0.2) is 36.9 Å². The molecule has 0 aliphatic carbocycles. The van der Waals surface area contributed by atoms with E-state index in [1.165, 1.54) is 0 Å². The number of carbonyl (C=O) groups is 1. The molecule has 3 heterocycles. The van der Waals surface area contributed by atoms with Crippen molar-refractivity contribution in [2.24, 2.45) is 7.05 Å². The number of likely N-dealkylation sites (tertiary alicyclic amines) is 1. The van der Waals surface area contributed by atoms with Gasteiger partial charge in [0, 0.05) is 56.4 Å². The molecule has 2 aromatic heterocycles. The molecular formula is C17H21N5O. The van der Waals surface area contributed by atoms with Gasteiger partial charge < -0.3 is 9.47 Å². The summed E-state index contributed by atoms with van der Waals surface area (Å²) in [5.74, 6) is 1.00. The molecule has 3 rings (SSSR count). The van der Waals surface area contributed by atoms with E-state index in [0.717, 1.165) is 36.6 Å². The Hall–Kier alpha value is -2.50. The minimum Gasteiger partial charge on any atom is -0.338 e. The maximum atomic E-state index is 12.2. The van der Waals surface area contributed by atoms with Crippen LogP contribution in [0.3, 0.4) is 0 Å². The highest BCUT2D eigenvalue weighted by atomic mass is 16.2. The van der Waals surface area contributed by atoms with Crippen LogP contribution in [0.5, 0.6) is 0 Å². The molecule has 6 nitrogen and oxygen atoms in total. The van der Waals surface area contributed by atoms with Crippen LogP contribution in [0.1, 0.15) is 31.4 Å². The fourth-order valence-electron chi connectivity index (χ4n) is 3.07. The lowest BCUT2D eigenvalue weighted by molar-refractivity contribution is -0.128. The predicted octanol–water partition coefficient (Wildman–Crippen LogP) is 2.16. The number of imidazole rings is 1. The lowest BCUT2D eigenvalue weighted by Crippen LogP contribution is -2.39. The highest BCUT2D eigenvalue weighted by molar-refractivity contribution is 5.92. The van der Waals surface area contributed by atoms with Crippen LogP contribution in [0.25, 0.3) is 11.5 Å². The van der Waals surface area contributed by atoms with Gasteiger partial charge in [0.05, 0.1) is 5.69 Å². The van der Waals surface area contributed by atoms with Gasteiger partial charge in [-0.25, -0.2) is 9.97 Å². The maximum Gasteiger partial charge on any atom is 0.248 e. The number of aryl methyl sites for hydroxylation is 1. The Balaban J connectivity index is 1.92. The van der Waals surface area contributed by atoms with E-state index in [1.54, 1.807) is 25.5 Å². The lowest BCUT2D eigenvalue weighted by atomic mass is 9.92. The monoisotopic (exact) mass is 311 g/mol. The molecule has 1 aliphatic rings. The van der Waals surface area contributed by atoms with E-state index in [0.29, 0.717) is 12.1 Å². The molecule has 6 heteroatoms. The van der Waals surface area contributed by atoms with Gasteiger partial charge in [-0.3, -0.25) is 9.78 Å². The summed E-state index contributed by atoms with van der Waals surface area (Å²) in [6.07, 6.45) is 9.00. The highest BCUT2D eigenvalue weighted by Gasteiger charge is 2.28. The fraction of sp³-hybridized carbons (Fsp3) is 0.412. The lowest BCUT2D eigenvalue weighted by Gasteiger charge is -2.33. The van der Waals surface area contributed by atoms with Crippen molar-refractivity contribution in [1.82, 2.24) is 24.4 Å². The van der Waals surface area contributed by atoms with Crippen molar-refractivity contribution in [2.75, 3.05) is 13.1 Å². The second-order valence-corrected chi connectivity index (χ2v) is 6.02. The predicted molar refractivity (Wildman–Crippen MR) is 87.6 cm³/mol. The first kappa shape index (κ1) is 15.4. The molecule has 1 atom stereocenters. The van der Waals surface area contributed by atoms with Gasteiger partial charge in [0.25, 0.3) is 0 Å². The van der Waals surface area contributed by atoms with Gasteiger partial charge >= 0.3 is 0 Å². The normalized spacial score (nSPS) is 18.0. The number of amides is 1. The number of rotatable bonds is 3. The van der Waals surface area contributed by atoms with E-state index in [4.69, 9.17) is 0 Å². The number of nitrogens with zero attached hydrogens (tertiary/aromatic N) is 5. The van der Waals surface area contributed by atoms with Gasteiger partial charge in [-0.15, -0.1) is 0 Å². The van der Waals surface area contributed by atoms with Crippen molar-refractivity contribution in [3.8, 4) is 11.5 Å². The molecule has 1 amide bonds. The van der Waals surface area contributed by atoms with Crippen molar-refractivity contribution < 1.29 is 4.79 Å². The van der Waals surface area contributed by atoms with Gasteiger partial charge in [-0.1, -0.05) is 6.58 Å². The Bertz CT molecular complexity index is 736. The molecule has 0 saturated carbocycles. The summed E-state index contributed by atoms with van der Waals surface area (Å²) in [6.45, 7) is 6.96. The van der Waals surface area contributed by atoms with E-state index in [2.05, 4.69) is 21.5 Å². The molecule has 120 valence electrons. The molecule has 1 fully saturated rings. The Morgan fingerprint density at radius 1 is 1.26 bits per heavy atom. The van der Waals surface area contributed by atoms with Crippen LogP contribution in [0, 0.1) is 0 Å². The van der Waals surface area contributed by atoms with E-state index in [1.807, 2.05) is 22.7 Å². The quantitative estimate of drug-likeness (QED) is 0.815. The highest BCUT2D eigenvalue weighted by Crippen LogP contribution is 2.31. The molecule has 1 unspecified atom stereocenters. The summed E-state index contributed by atoms with van der Waals surface area (Å²) in [6, 6.07) is 0. The first-order chi connectivity index (χ1) is 11.1. The average Bonchev–Trinajstić information content (AvgIpc) is 3.00. The second-order valence-electron chi connectivity index (χ2n) is 6.02. The molecule has 0 radical (unpaired) electrons. The van der Waals surface area contributed by atoms with E-state index in [-0.39, 0.29) is 11.8 Å². The zero-order valence-corrected chi connectivity index (χ0v) is 13.6. The van der Waals surface area contributed by atoms with Crippen molar-refractivity contribution in [3.05, 3.63) is 42.6 Å². The van der Waals surface area contributed by atoms with Crippen molar-refractivity contribution in [1.29, 1.82) is 0 Å². The molecule has 1 saturated heterocycles. The minimum absolute atomic E-state index is 0.0251. The Morgan fingerprint density at radius 2 is 2.04 bits per heavy atom. The molecular weight excluding hydrogens is 290 g/mol. The summed E-state index contributed by atoms with van der Waals surface area (Å²) in [5.41, 5.74) is 2.30. The van der Waals surface area contributed by atoms with Crippen molar-refractivity contribution in [3.63, 3.8) is 0 Å². The van der Waals surface area contributed by atoms with Crippen molar-refractivity contribution in [2.45, 2.75) is 25.7 Å². The molecule has 0 aromatic carbocycles. The zero-order chi connectivity index (χ0) is 16.4. The molecule has 23 heavy (non-hydrogen) atoms. The van der Waals surface area contributed by atoms with Crippen LogP contribution in [0.2, 0.25) is 0 Å². The van der Waals surface area contributed by atoms with E-state index >= 15 is 0 Å². The van der Waals surface area contributed by atoms with Crippen LogP contribution in [0.4, 0.5) is 0 Å². The number of carbonyl (C=O) groups excluding carboxylic acids is 1. The summed E-state index contributed by atoms with van der Waals surface area (Å²) in [4.78, 5) is 27.5. The number of hydrogen-bond acceptors (Lipinski definition) is 4. The van der Waals surface area contributed by atoms with Gasteiger partial charge in [-0.2, -0.15) is 0 Å². The SMILES string of the molecule is C=C(C)C(=O)N1CCCC(c2nccnc2-c2nccn2C)C1. The summed E-state index contributed by atoms with van der Waals surface area (Å²) < 4.78 is 1.94. The Kier molecular flexibility index (Phi) is 4.23. The third kappa shape index (κ3) is 3.02. The van der Waals surface area contributed by atoms with Gasteiger partial charge in [0.2, 0.25) is 5.91 Å². The van der Waals surface area contributed by atoms with Gasteiger partial charge in [0.15, 0.2) is 5.82 Å². The average molecular weight is 311 g/mol. The molecule has 0 N–H and O–H groups in total. The van der Waals surface area contributed by atoms with Crippen LogP contribution >= 0.6 is 0 Å². The third-order valence-electron chi connectivity index (χ3n) is 4.22. The summed E-state index contributed by atoms with van der Waals surface area (Å²) in [5, 5.41) is 0. The molecule has 2 aromatic rings. The van der Waals surface area contributed by atoms with E-state index in [9.17, 15) is 4.79 Å². The van der Waals surface area contributed by atoms with Gasteiger partial charge in [0.1, 0.15) is 5.69 Å². The first-order valence-corrected chi connectivity index (χ1v) is 7.81. The summed E-state index contributed by atoms with van der Waals surface area (Å²) >= 11 is 0.